The minimum atomic E-state index is -0.988. The molecule has 0 aliphatic carbocycles. The van der Waals surface area contributed by atoms with Crippen molar-refractivity contribution in [1.82, 2.24) is 8.84 Å². The summed E-state index contributed by atoms with van der Waals surface area (Å²) >= 11 is 12.3. The Labute approximate surface area is 258 Å². The van der Waals surface area contributed by atoms with Gasteiger partial charge in [-0.3, -0.25) is 4.79 Å². The van der Waals surface area contributed by atoms with E-state index in [1.54, 1.807) is 33.1 Å². The Morgan fingerprint density at radius 2 is 1.35 bits per heavy atom. The summed E-state index contributed by atoms with van der Waals surface area (Å²) in [7, 11) is 0. The largest absolute Gasteiger partial charge is 0.488 e. The van der Waals surface area contributed by atoms with Crippen molar-refractivity contribution in [1.29, 1.82) is 0 Å². The Bertz CT molecular complexity index is 1620. The van der Waals surface area contributed by atoms with Gasteiger partial charge in [0, 0.05) is 35.5 Å². The second-order valence-corrected chi connectivity index (χ2v) is 11.6. The van der Waals surface area contributed by atoms with Gasteiger partial charge in [-0.25, -0.2) is 17.6 Å². The second-order valence-electron chi connectivity index (χ2n) is 10.7. The van der Waals surface area contributed by atoms with E-state index in [-0.39, 0.29) is 18.1 Å². The average Bonchev–Trinajstić information content (AvgIpc) is 3.62. The molecule has 222 valence electrons. The van der Waals surface area contributed by atoms with Crippen molar-refractivity contribution < 1.29 is 23.0 Å². The molecule has 2 saturated heterocycles. The maximum Gasteiger partial charge on any atom is 0.255 e. The van der Waals surface area contributed by atoms with Gasteiger partial charge in [-0.15, -0.1) is 0 Å². The summed E-state index contributed by atoms with van der Waals surface area (Å²) in [6, 6.07) is 23.9. The van der Waals surface area contributed by atoms with Crippen LogP contribution < -0.4 is 14.8 Å². The highest BCUT2D eigenvalue weighted by atomic mass is 35.5. The molecule has 0 spiro atoms. The van der Waals surface area contributed by atoms with E-state index < -0.39 is 11.6 Å². The first-order valence-electron chi connectivity index (χ1n) is 14.1. The van der Waals surface area contributed by atoms with E-state index in [1.807, 2.05) is 42.5 Å². The lowest BCUT2D eigenvalue weighted by Gasteiger charge is -2.19. The number of carbonyl (C=O) groups is 1. The van der Waals surface area contributed by atoms with Crippen molar-refractivity contribution >= 4 is 35.1 Å². The first kappa shape index (κ1) is 29.4. The monoisotopic (exact) mass is 623 g/mol. The van der Waals surface area contributed by atoms with Gasteiger partial charge in [0.2, 0.25) is 0 Å². The molecule has 4 aromatic carbocycles. The van der Waals surface area contributed by atoms with Crippen LogP contribution in [0.25, 0.3) is 22.3 Å². The molecule has 0 radical (unpaired) electrons. The fourth-order valence-corrected chi connectivity index (χ4v) is 5.85. The van der Waals surface area contributed by atoms with Crippen LogP contribution in [0.3, 0.4) is 0 Å². The SMILES string of the molecule is O=C(Nc1ccc(O[C@H]2CCN(Cl)C2)c(-c2ccccc2)c1)c1ccc(O[C@H]2CCN(Cl)C2)c(-c2ccc(F)c(F)c2)c1. The number of nitrogens with zero attached hydrogens (tertiary/aromatic N) is 2. The molecule has 0 saturated carbocycles. The zero-order valence-corrected chi connectivity index (χ0v) is 24.6. The van der Waals surface area contributed by atoms with Crippen LogP contribution >= 0.6 is 23.6 Å². The minimum Gasteiger partial charge on any atom is -0.488 e. The van der Waals surface area contributed by atoms with E-state index in [2.05, 4.69) is 5.32 Å². The maximum absolute atomic E-state index is 14.2. The third-order valence-electron chi connectivity index (χ3n) is 7.57. The maximum atomic E-state index is 14.2. The average molecular weight is 625 g/mol. The van der Waals surface area contributed by atoms with Crippen LogP contribution in [0.15, 0.2) is 84.9 Å². The van der Waals surface area contributed by atoms with Gasteiger partial charge in [-0.05, 0) is 96.1 Å². The first-order valence-corrected chi connectivity index (χ1v) is 14.7. The third kappa shape index (κ3) is 6.94. The molecule has 6 nitrogen and oxygen atoms in total. The standard InChI is InChI=1S/C33H29Cl2F2N3O3/c34-39-14-12-25(19-39)42-31-10-7-23(16-27(31)22-6-9-29(36)30(37)17-22)33(41)38-24-8-11-32(43-26-13-15-40(35)20-26)28(18-24)21-4-2-1-3-5-21/h1-11,16-18,25-26H,12-15,19-20H2,(H,38,41)/t25-,26-/m0/s1. The number of anilines is 1. The van der Waals surface area contributed by atoms with Crippen molar-refractivity contribution in [2.75, 3.05) is 31.5 Å². The van der Waals surface area contributed by atoms with E-state index in [9.17, 15) is 13.6 Å². The lowest BCUT2D eigenvalue weighted by molar-refractivity contribution is 0.102. The highest BCUT2D eigenvalue weighted by Crippen LogP contribution is 2.36. The number of benzene rings is 4. The number of hydrogen-bond acceptors (Lipinski definition) is 5. The van der Waals surface area contributed by atoms with Crippen LogP contribution in [0.4, 0.5) is 14.5 Å². The molecule has 0 aromatic heterocycles. The Hall–Kier alpha value is -3.69. The van der Waals surface area contributed by atoms with E-state index in [4.69, 9.17) is 33.0 Å². The van der Waals surface area contributed by atoms with Crippen molar-refractivity contribution in [3.63, 3.8) is 0 Å². The summed E-state index contributed by atoms with van der Waals surface area (Å²) in [5.74, 6) is -1.16. The van der Waals surface area contributed by atoms with Crippen LogP contribution in [0.1, 0.15) is 23.2 Å². The van der Waals surface area contributed by atoms with Gasteiger partial charge in [0.1, 0.15) is 23.7 Å². The van der Waals surface area contributed by atoms with E-state index >= 15 is 0 Å². The molecular formula is C33H29Cl2F2N3O3. The second kappa shape index (κ2) is 12.9. The summed E-state index contributed by atoms with van der Waals surface area (Å²) in [6.45, 7) is 2.57. The predicted molar refractivity (Wildman–Crippen MR) is 165 cm³/mol. The van der Waals surface area contributed by atoms with Gasteiger partial charge in [0.15, 0.2) is 11.6 Å². The first-order chi connectivity index (χ1) is 20.8. The molecule has 1 amide bonds. The number of ether oxygens (including phenoxy) is 2. The van der Waals surface area contributed by atoms with Crippen LogP contribution in [0.2, 0.25) is 0 Å². The van der Waals surface area contributed by atoms with Gasteiger partial charge in [-0.1, -0.05) is 36.4 Å². The highest BCUT2D eigenvalue weighted by molar-refractivity contribution is 6.13. The number of amides is 1. The van der Waals surface area contributed by atoms with Gasteiger partial charge in [0.05, 0.1) is 13.1 Å². The van der Waals surface area contributed by atoms with Gasteiger partial charge in [-0.2, -0.15) is 0 Å². The van der Waals surface area contributed by atoms with Crippen LogP contribution in [-0.2, 0) is 0 Å². The molecule has 2 atom stereocenters. The van der Waals surface area contributed by atoms with E-state index in [1.165, 1.54) is 6.07 Å². The minimum absolute atomic E-state index is 0.0346. The Morgan fingerprint density at radius 3 is 1.95 bits per heavy atom. The van der Waals surface area contributed by atoms with Crippen molar-refractivity contribution in [3.8, 4) is 33.8 Å². The topological polar surface area (TPSA) is 54.0 Å². The number of hydrogen-bond donors (Lipinski definition) is 1. The van der Waals surface area contributed by atoms with Crippen LogP contribution in [0.5, 0.6) is 11.5 Å². The Kier molecular flexibility index (Phi) is 8.81. The predicted octanol–water partition coefficient (Wildman–Crippen LogP) is 7.76. The summed E-state index contributed by atoms with van der Waals surface area (Å²) < 4.78 is 43.8. The summed E-state index contributed by atoms with van der Waals surface area (Å²) in [5, 5.41) is 2.97. The zero-order valence-electron chi connectivity index (χ0n) is 23.1. The number of rotatable bonds is 8. The quantitative estimate of drug-likeness (QED) is 0.203. The lowest BCUT2D eigenvalue weighted by Crippen LogP contribution is -2.20. The molecule has 2 aliphatic rings. The fraction of sp³-hybridized carbons (Fsp3) is 0.242. The Morgan fingerprint density at radius 1 is 0.721 bits per heavy atom. The summed E-state index contributed by atoms with van der Waals surface area (Å²) in [4.78, 5) is 13.5. The summed E-state index contributed by atoms with van der Waals surface area (Å²) in [5.41, 5.74) is 3.54. The van der Waals surface area contributed by atoms with Crippen molar-refractivity contribution in [2.45, 2.75) is 25.0 Å². The third-order valence-corrected chi connectivity index (χ3v) is 8.19. The van der Waals surface area contributed by atoms with Gasteiger partial charge < -0.3 is 14.8 Å². The van der Waals surface area contributed by atoms with Gasteiger partial charge >= 0.3 is 0 Å². The molecule has 6 rings (SSSR count). The van der Waals surface area contributed by atoms with Crippen LogP contribution in [0, 0.1) is 11.6 Å². The molecule has 10 heteroatoms. The molecule has 1 N–H and O–H groups in total. The fourth-order valence-electron chi connectivity index (χ4n) is 5.35. The molecule has 4 aromatic rings. The smallest absolute Gasteiger partial charge is 0.255 e. The van der Waals surface area contributed by atoms with E-state index in [0.717, 1.165) is 42.6 Å². The number of carbonyl (C=O) groups excluding carboxylic acids is 1. The molecule has 2 heterocycles. The number of nitrogens with one attached hydrogen (secondary N) is 1. The highest BCUT2D eigenvalue weighted by Gasteiger charge is 2.26. The van der Waals surface area contributed by atoms with Crippen molar-refractivity contribution in [3.05, 3.63) is 102 Å². The van der Waals surface area contributed by atoms with E-state index in [0.29, 0.717) is 53.5 Å². The molecule has 2 aliphatic heterocycles. The number of halogens is 4. The molecule has 0 unspecified atom stereocenters. The van der Waals surface area contributed by atoms with Gasteiger partial charge in [0.25, 0.3) is 5.91 Å². The summed E-state index contributed by atoms with van der Waals surface area (Å²) in [6.07, 6.45) is 1.33. The Balaban J connectivity index is 1.29. The zero-order chi connectivity index (χ0) is 29.9. The normalized spacial score (nSPS) is 19.0. The lowest BCUT2D eigenvalue weighted by atomic mass is 10.0. The molecule has 2 fully saturated rings. The molecule has 0 bridgehead atoms. The molecular weight excluding hydrogens is 595 g/mol. The van der Waals surface area contributed by atoms with Crippen LogP contribution in [-0.4, -0.2) is 53.1 Å². The van der Waals surface area contributed by atoms with Crippen molar-refractivity contribution in [2.24, 2.45) is 0 Å². The molecule has 43 heavy (non-hydrogen) atoms.